The number of benzene rings is 1. The molecule has 0 fully saturated rings. The third-order valence-corrected chi connectivity index (χ3v) is 3.23. The molecule has 3 N–H and O–H groups in total. The Kier molecular flexibility index (Phi) is 5.28. The number of rotatable bonds is 6. The number of hydrogen-bond donors (Lipinski definition) is 2. The zero-order valence-corrected chi connectivity index (χ0v) is 9.89. The van der Waals surface area contributed by atoms with E-state index in [-0.39, 0.29) is 17.8 Å². The van der Waals surface area contributed by atoms with Gasteiger partial charge in [-0.3, -0.25) is 4.79 Å². The summed E-state index contributed by atoms with van der Waals surface area (Å²) in [4.78, 5) is 11.9. The van der Waals surface area contributed by atoms with Crippen LogP contribution in [0.15, 0.2) is 29.2 Å². The van der Waals surface area contributed by atoms with E-state index in [0.717, 1.165) is 10.6 Å². The van der Waals surface area contributed by atoms with Gasteiger partial charge < -0.3 is 11.1 Å². The van der Waals surface area contributed by atoms with Gasteiger partial charge in [0.15, 0.2) is 0 Å². The highest BCUT2D eigenvalue weighted by Gasteiger charge is 2.11. The number of thioether (sulfide) groups is 1. The quantitative estimate of drug-likeness (QED) is 0.741. The highest BCUT2D eigenvalue weighted by molar-refractivity contribution is 7.99. The highest BCUT2D eigenvalue weighted by atomic mass is 32.2. The second kappa shape index (κ2) is 6.50. The summed E-state index contributed by atoms with van der Waals surface area (Å²) in [6.07, 6.45) is 0.661. The second-order valence-corrected chi connectivity index (χ2v) is 4.50. The van der Waals surface area contributed by atoms with E-state index in [0.29, 0.717) is 6.42 Å². The maximum atomic E-state index is 12.6. The molecule has 1 aromatic rings. The Balaban J connectivity index is 2.35. The summed E-state index contributed by atoms with van der Waals surface area (Å²) in [6, 6.07) is 5.99. The topological polar surface area (TPSA) is 55.1 Å². The minimum Gasteiger partial charge on any atom is -0.368 e. The van der Waals surface area contributed by atoms with Crippen LogP contribution in [-0.2, 0) is 4.79 Å². The molecule has 0 bridgehead atoms. The molecular formula is C11H15FN2OS. The number of nitrogens with two attached hydrogens (primary N) is 1. The van der Waals surface area contributed by atoms with Gasteiger partial charge in [-0.15, -0.1) is 11.8 Å². The van der Waals surface area contributed by atoms with Crippen LogP contribution in [0.4, 0.5) is 4.39 Å². The van der Waals surface area contributed by atoms with E-state index < -0.39 is 0 Å². The normalized spacial score (nSPS) is 12.4. The summed E-state index contributed by atoms with van der Waals surface area (Å²) in [5.74, 6) is 0.178. The van der Waals surface area contributed by atoms with Crippen molar-refractivity contribution in [1.29, 1.82) is 0 Å². The molecule has 88 valence electrons. The molecule has 0 heterocycles. The largest absolute Gasteiger partial charge is 0.368 e. The summed E-state index contributed by atoms with van der Waals surface area (Å²) in [7, 11) is 1.71. The second-order valence-electron chi connectivity index (χ2n) is 3.33. The van der Waals surface area contributed by atoms with Gasteiger partial charge in [0, 0.05) is 4.90 Å². The molecule has 0 aliphatic rings. The first kappa shape index (κ1) is 13.0. The molecule has 5 heteroatoms. The predicted octanol–water partition coefficient (Wildman–Crippen LogP) is 1.38. The van der Waals surface area contributed by atoms with Crippen LogP contribution >= 0.6 is 11.8 Å². The summed E-state index contributed by atoms with van der Waals surface area (Å²) in [5.41, 5.74) is 5.19. The van der Waals surface area contributed by atoms with Crippen molar-refractivity contribution in [1.82, 2.24) is 5.32 Å². The lowest BCUT2D eigenvalue weighted by Crippen LogP contribution is -2.39. The molecule has 1 aromatic carbocycles. The van der Waals surface area contributed by atoms with Gasteiger partial charge in [0.05, 0.1) is 6.04 Å². The number of hydrogen-bond acceptors (Lipinski definition) is 3. The third-order valence-electron chi connectivity index (χ3n) is 2.18. The van der Waals surface area contributed by atoms with Gasteiger partial charge in [-0.25, -0.2) is 4.39 Å². The molecule has 0 aromatic heterocycles. The van der Waals surface area contributed by atoms with Gasteiger partial charge in [0.25, 0.3) is 0 Å². The molecule has 0 aliphatic carbocycles. The number of carbonyl (C=O) groups excluding carboxylic acids is 1. The molecule has 3 nitrogen and oxygen atoms in total. The average molecular weight is 242 g/mol. The maximum absolute atomic E-state index is 12.6. The first-order valence-electron chi connectivity index (χ1n) is 4.98. The molecule has 1 amide bonds. The van der Waals surface area contributed by atoms with Gasteiger partial charge in [0.2, 0.25) is 5.91 Å². The van der Waals surface area contributed by atoms with Crippen molar-refractivity contribution < 1.29 is 9.18 Å². The van der Waals surface area contributed by atoms with E-state index in [1.807, 2.05) is 0 Å². The Morgan fingerprint density at radius 1 is 1.50 bits per heavy atom. The van der Waals surface area contributed by atoms with Gasteiger partial charge in [-0.2, -0.15) is 0 Å². The number of halogens is 1. The van der Waals surface area contributed by atoms with Crippen LogP contribution in [0.2, 0.25) is 0 Å². The third kappa shape index (κ3) is 4.20. The molecule has 0 saturated carbocycles. The fraction of sp³-hybridized carbons (Fsp3) is 0.364. The van der Waals surface area contributed by atoms with Gasteiger partial charge >= 0.3 is 0 Å². The number of nitrogens with one attached hydrogen (secondary N) is 1. The minimum atomic E-state index is -0.345. The molecule has 16 heavy (non-hydrogen) atoms. The summed E-state index contributed by atoms with van der Waals surface area (Å²) in [6.45, 7) is 0. The zero-order valence-electron chi connectivity index (χ0n) is 9.07. The van der Waals surface area contributed by atoms with Crippen LogP contribution in [0, 0.1) is 5.82 Å². The number of primary amides is 1. The first-order chi connectivity index (χ1) is 7.63. The van der Waals surface area contributed by atoms with Crippen LogP contribution in [0.5, 0.6) is 0 Å². The lowest BCUT2D eigenvalue weighted by Gasteiger charge is -2.11. The summed E-state index contributed by atoms with van der Waals surface area (Å²) in [5, 5.41) is 2.85. The Labute approximate surface area is 98.6 Å². The summed E-state index contributed by atoms with van der Waals surface area (Å²) >= 11 is 1.58. The lowest BCUT2D eigenvalue weighted by molar-refractivity contribution is -0.119. The highest BCUT2D eigenvalue weighted by Crippen LogP contribution is 2.19. The number of amides is 1. The molecule has 1 rings (SSSR count). The van der Waals surface area contributed by atoms with Gasteiger partial charge in [-0.05, 0) is 43.5 Å². The molecule has 0 saturated heterocycles. The van der Waals surface area contributed by atoms with Crippen LogP contribution in [0.1, 0.15) is 6.42 Å². The van der Waals surface area contributed by atoms with E-state index >= 15 is 0 Å². The predicted molar refractivity (Wildman–Crippen MR) is 63.8 cm³/mol. The van der Waals surface area contributed by atoms with Crippen LogP contribution in [-0.4, -0.2) is 24.7 Å². The van der Waals surface area contributed by atoms with Crippen molar-refractivity contribution in [2.45, 2.75) is 17.4 Å². The summed E-state index contributed by atoms with van der Waals surface area (Å²) < 4.78 is 12.6. The first-order valence-corrected chi connectivity index (χ1v) is 5.97. The molecule has 1 atom stereocenters. The molecule has 0 aliphatic heterocycles. The van der Waals surface area contributed by atoms with Crippen LogP contribution in [0.3, 0.4) is 0 Å². The Morgan fingerprint density at radius 2 is 2.12 bits per heavy atom. The van der Waals surface area contributed by atoms with Crippen molar-refractivity contribution in [3.05, 3.63) is 30.1 Å². The smallest absolute Gasteiger partial charge is 0.234 e. The van der Waals surface area contributed by atoms with E-state index in [9.17, 15) is 9.18 Å². The number of likely N-dealkylation sites (N-methyl/N-ethyl adjacent to an activating group) is 1. The zero-order chi connectivity index (χ0) is 12.0. The number of carbonyl (C=O) groups is 1. The monoisotopic (exact) mass is 242 g/mol. The minimum absolute atomic E-state index is 0.241. The Hall–Kier alpha value is -1.07. The Morgan fingerprint density at radius 3 is 2.62 bits per heavy atom. The van der Waals surface area contributed by atoms with Crippen LogP contribution < -0.4 is 11.1 Å². The van der Waals surface area contributed by atoms with Gasteiger partial charge in [-0.1, -0.05) is 0 Å². The van der Waals surface area contributed by atoms with Crippen molar-refractivity contribution >= 4 is 17.7 Å². The van der Waals surface area contributed by atoms with E-state index in [1.165, 1.54) is 12.1 Å². The molecule has 0 spiro atoms. The Bertz CT molecular complexity index is 342. The van der Waals surface area contributed by atoms with E-state index in [1.54, 1.807) is 30.9 Å². The van der Waals surface area contributed by atoms with Crippen molar-refractivity contribution in [2.75, 3.05) is 12.8 Å². The fourth-order valence-corrected chi connectivity index (χ4v) is 2.17. The van der Waals surface area contributed by atoms with E-state index in [2.05, 4.69) is 5.32 Å². The average Bonchev–Trinajstić information content (AvgIpc) is 2.26. The lowest BCUT2D eigenvalue weighted by atomic mass is 10.2. The molecular weight excluding hydrogens is 227 g/mol. The molecule has 0 radical (unpaired) electrons. The van der Waals surface area contributed by atoms with Crippen molar-refractivity contribution in [3.63, 3.8) is 0 Å². The van der Waals surface area contributed by atoms with Gasteiger partial charge in [0.1, 0.15) is 5.82 Å². The standard InChI is InChI=1S/C11H15FN2OS/c1-14-10(11(13)15)6-7-16-9-4-2-8(12)3-5-9/h2-5,10,14H,6-7H2,1H3,(H2,13,15). The SMILES string of the molecule is CNC(CCSc1ccc(F)cc1)C(N)=O. The fourth-order valence-electron chi connectivity index (χ4n) is 1.25. The van der Waals surface area contributed by atoms with Crippen molar-refractivity contribution in [2.24, 2.45) is 5.73 Å². The maximum Gasteiger partial charge on any atom is 0.234 e. The van der Waals surface area contributed by atoms with Crippen molar-refractivity contribution in [3.8, 4) is 0 Å². The van der Waals surface area contributed by atoms with Crippen LogP contribution in [0.25, 0.3) is 0 Å². The van der Waals surface area contributed by atoms with E-state index in [4.69, 9.17) is 5.73 Å². The molecule has 1 unspecified atom stereocenters.